The normalized spacial score (nSPS) is 15.2. The quantitative estimate of drug-likeness (QED) is 0.196. The Hall–Kier alpha value is -3.56. The minimum Gasteiger partial charge on any atom is -0.336 e. The Kier molecular flexibility index (Phi) is 10.9. The number of carbonyl (C=O) groups excluding carboxylic acids is 1. The lowest BCUT2D eigenvalue weighted by molar-refractivity contribution is 0.0628. The molecule has 1 fully saturated rings. The molecule has 0 bridgehead atoms. The summed E-state index contributed by atoms with van der Waals surface area (Å²) < 4.78 is 29.8. The maximum Gasteiger partial charge on any atom is 0.264 e. The van der Waals surface area contributed by atoms with Crippen molar-refractivity contribution in [3.05, 3.63) is 83.2 Å². The number of nitrogens with zero attached hydrogens (tertiary/aromatic N) is 4. The van der Waals surface area contributed by atoms with Gasteiger partial charge in [-0.3, -0.25) is 24.4 Å². The smallest absolute Gasteiger partial charge is 0.264 e. The Balaban J connectivity index is 1.42. The van der Waals surface area contributed by atoms with Crippen LogP contribution in [0.4, 0.5) is 11.4 Å². The van der Waals surface area contributed by atoms with E-state index in [9.17, 15) is 13.2 Å². The van der Waals surface area contributed by atoms with Crippen LogP contribution in [0.25, 0.3) is 0 Å². The average molecular weight is 590 g/mol. The van der Waals surface area contributed by atoms with E-state index in [1.165, 1.54) is 6.42 Å². The highest BCUT2D eigenvalue weighted by atomic mass is 32.2. The number of anilines is 1. The van der Waals surface area contributed by atoms with Crippen molar-refractivity contribution in [2.75, 3.05) is 30.9 Å². The summed E-state index contributed by atoms with van der Waals surface area (Å²) in [5, 5.41) is 0. The summed E-state index contributed by atoms with van der Waals surface area (Å²) in [4.78, 5) is 26.4. The predicted octanol–water partition coefficient (Wildman–Crippen LogP) is 6.38. The SMILES string of the molecule is CCCCCC(C)C=Nc1c(C)cccc1S(=O)(=O)Nc1ccc(C(=O)N2CCN(Cc3cccnc3)CC2)cc1C. The molecule has 1 unspecified atom stereocenters. The van der Waals surface area contributed by atoms with Crippen LogP contribution in [0.15, 0.2) is 70.8 Å². The van der Waals surface area contributed by atoms with Gasteiger partial charge >= 0.3 is 0 Å². The van der Waals surface area contributed by atoms with Gasteiger partial charge < -0.3 is 4.90 Å². The first kappa shape index (κ1) is 31.4. The van der Waals surface area contributed by atoms with Gasteiger partial charge in [-0.2, -0.15) is 0 Å². The fourth-order valence-corrected chi connectivity index (χ4v) is 6.51. The Bertz CT molecular complexity index is 1480. The summed E-state index contributed by atoms with van der Waals surface area (Å²) in [6.07, 6.45) is 10.00. The second-order valence-electron chi connectivity index (χ2n) is 11.2. The fraction of sp³-hybridized carbons (Fsp3) is 0.424. The number of hydrogen-bond donors (Lipinski definition) is 1. The molecule has 42 heavy (non-hydrogen) atoms. The van der Waals surface area contributed by atoms with E-state index in [0.717, 1.165) is 50.0 Å². The first-order chi connectivity index (χ1) is 20.2. The van der Waals surface area contributed by atoms with Crippen LogP contribution in [0.2, 0.25) is 0 Å². The van der Waals surface area contributed by atoms with Gasteiger partial charge in [0, 0.05) is 56.9 Å². The van der Waals surface area contributed by atoms with Crippen molar-refractivity contribution < 1.29 is 13.2 Å². The van der Waals surface area contributed by atoms with E-state index in [1.807, 2.05) is 43.3 Å². The number of unbranched alkanes of at least 4 members (excludes halogenated alkanes) is 2. The van der Waals surface area contributed by atoms with Crippen molar-refractivity contribution in [2.45, 2.75) is 64.8 Å². The monoisotopic (exact) mass is 589 g/mol. The molecule has 1 N–H and O–H groups in total. The Morgan fingerprint density at radius 1 is 1.05 bits per heavy atom. The third-order valence-electron chi connectivity index (χ3n) is 7.72. The first-order valence-electron chi connectivity index (χ1n) is 14.9. The van der Waals surface area contributed by atoms with E-state index in [1.54, 1.807) is 36.5 Å². The molecule has 1 aromatic heterocycles. The van der Waals surface area contributed by atoms with E-state index in [4.69, 9.17) is 0 Å². The summed E-state index contributed by atoms with van der Waals surface area (Å²) in [5.74, 6) is 0.216. The van der Waals surface area contributed by atoms with Gasteiger partial charge in [0.2, 0.25) is 0 Å². The van der Waals surface area contributed by atoms with Gasteiger partial charge in [-0.1, -0.05) is 51.3 Å². The van der Waals surface area contributed by atoms with Crippen molar-refractivity contribution in [2.24, 2.45) is 10.9 Å². The number of pyridine rings is 1. The van der Waals surface area contributed by atoms with Crippen molar-refractivity contribution in [3.8, 4) is 0 Å². The lowest BCUT2D eigenvalue weighted by atomic mass is 10.0. The second kappa shape index (κ2) is 14.6. The van der Waals surface area contributed by atoms with Crippen LogP contribution in [-0.2, 0) is 16.6 Å². The predicted molar refractivity (Wildman–Crippen MR) is 170 cm³/mol. The number of benzene rings is 2. The number of hydrogen-bond acceptors (Lipinski definition) is 6. The molecule has 9 heteroatoms. The van der Waals surface area contributed by atoms with Gasteiger partial charge in [0.25, 0.3) is 15.9 Å². The van der Waals surface area contributed by atoms with Crippen LogP contribution in [0.3, 0.4) is 0 Å². The fourth-order valence-electron chi connectivity index (χ4n) is 5.16. The summed E-state index contributed by atoms with van der Waals surface area (Å²) in [6.45, 7) is 11.6. The second-order valence-corrected chi connectivity index (χ2v) is 12.9. The summed E-state index contributed by atoms with van der Waals surface area (Å²) in [5.41, 5.74) is 4.09. The number of aryl methyl sites for hydroxylation is 2. The molecule has 1 aliphatic rings. The highest BCUT2D eigenvalue weighted by Crippen LogP contribution is 2.31. The first-order valence-corrected chi connectivity index (χ1v) is 16.3. The minimum atomic E-state index is -3.91. The van der Waals surface area contributed by atoms with Gasteiger partial charge in [0.05, 0.1) is 11.4 Å². The molecule has 0 radical (unpaired) electrons. The summed E-state index contributed by atoms with van der Waals surface area (Å²) >= 11 is 0. The number of sulfonamides is 1. The number of nitrogens with one attached hydrogen (secondary N) is 1. The Labute approximate surface area is 250 Å². The average Bonchev–Trinajstić information content (AvgIpc) is 2.98. The molecule has 4 rings (SSSR count). The van der Waals surface area contributed by atoms with Crippen LogP contribution < -0.4 is 4.72 Å². The topological polar surface area (TPSA) is 95.0 Å². The molecule has 0 aliphatic carbocycles. The standard InChI is InChI=1S/C33H43N5O3S/c1-5-6-7-10-25(2)22-35-32-26(3)11-8-13-31(32)42(40,41)36-30-15-14-29(21-27(30)4)33(39)38-19-17-37(18-20-38)24-28-12-9-16-34-23-28/h8-9,11-16,21-23,25,36H,5-7,10,17-20,24H2,1-4H3. The molecule has 224 valence electrons. The number of aromatic nitrogens is 1. The Morgan fingerprint density at radius 2 is 1.83 bits per heavy atom. The number of piperazine rings is 1. The molecule has 2 aromatic carbocycles. The number of carbonyl (C=O) groups is 1. The van der Waals surface area contributed by atoms with Crippen LogP contribution in [-0.4, -0.2) is 61.5 Å². The zero-order chi connectivity index (χ0) is 30.1. The summed E-state index contributed by atoms with van der Waals surface area (Å²) in [6, 6.07) is 14.3. The summed E-state index contributed by atoms with van der Waals surface area (Å²) in [7, 11) is -3.91. The third kappa shape index (κ3) is 8.26. The zero-order valence-electron chi connectivity index (χ0n) is 25.2. The minimum absolute atomic E-state index is 0.0445. The zero-order valence-corrected chi connectivity index (χ0v) is 26.0. The molecule has 2 heterocycles. The van der Waals surface area contributed by atoms with E-state index in [-0.39, 0.29) is 16.7 Å². The number of aliphatic imine (C=N–C) groups is 1. The van der Waals surface area contributed by atoms with Crippen LogP contribution in [0, 0.1) is 19.8 Å². The maximum absolute atomic E-state index is 13.5. The Morgan fingerprint density at radius 3 is 2.52 bits per heavy atom. The highest BCUT2D eigenvalue weighted by molar-refractivity contribution is 7.92. The van der Waals surface area contributed by atoms with Crippen molar-refractivity contribution in [1.82, 2.24) is 14.8 Å². The van der Waals surface area contributed by atoms with E-state index in [0.29, 0.717) is 35.6 Å². The molecule has 3 aromatic rings. The molecule has 1 amide bonds. The van der Waals surface area contributed by atoms with Crippen molar-refractivity contribution >= 4 is 33.5 Å². The van der Waals surface area contributed by atoms with Crippen LogP contribution >= 0.6 is 0 Å². The largest absolute Gasteiger partial charge is 0.336 e. The van der Waals surface area contributed by atoms with E-state index < -0.39 is 10.0 Å². The van der Waals surface area contributed by atoms with Gasteiger partial charge in [-0.25, -0.2) is 8.42 Å². The maximum atomic E-state index is 13.5. The molecular weight excluding hydrogens is 546 g/mol. The van der Waals surface area contributed by atoms with Crippen molar-refractivity contribution in [1.29, 1.82) is 0 Å². The van der Waals surface area contributed by atoms with Crippen LogP contribution in [0.5, 0.6) is 0 Å². The van der Waals surface area contributed by atoms with Gasteiger partial charge in [0.15, 0.2) is 0 Å². The molecule has 1 saturated heterocycles. The van der Waals surface area contributed by atoms with Gasteiger partial charge in [-0.15, -0.1) is 0 Å². The molecule has 0 saturated carbocycles. The van der Waals surface area contributed by atoms with E-state index in [2.05, 4.69) is 39.5 Å². The number of rotatable bonds is 12. The molecule has 1 aliphatic heterocycles. The number of amides is 1. The van der Waals surface area contributed by atoms with Crippen molar-refractivity contribution in [3.63, 3.8) is 0 Å². The lowest BCUT2D eigenvalue weighted by Crippen LogP contribution is -2.48. The van der Waals surface area contributed by atoms with Gasteiger partial charge in [0.1, 0.15) is 4.90 Å². The molecule has 8 nitrogen and oxygen atoms in total. The van der Waals surface area contributed by atoms with Gasteiger partial charge in [-0.05, 0) is 73.2 Å². The van der Waals surface area contributed by atoms with Crippen LogP contribution in [0.1, 0.15) is 66.6 Å². The molecular formula is C33H43N5O3S. The third-order valence-corrected chi connectivity index (χ3v) is 9.11. The molecule has 0 spiro atoms. The van der Waals surface area contributed by atoms with E-state index >= 15 is 0 Å². The lowest BCUT2D eigenvalue weighted by Gasteiger charge is -2.34. The number of para-hydroxylation sites is 1. The molecule has 1 atom stereocenters. The highest BCUT2D eigenvalue weighted by Gasteiger charge is 2.24.